The predicted molar refractivity (Wildman–Crippen MR) is 123 cm³/mol. The summed E-state index contributed by atoms with van der Waals surface area (Å²) in [4.78, 5) is 38.4. The van der Waals surface area contributed by atoms with Crippen LogP contribution in [0.15, 0.2) is 84.6 Å². The average molecular weight is 443 g/mol. The van der Waals surface area contributed by atoms with Crippen LogP contribution in [-0.4, -0.2) is 36.4 Å². The summed E-state index contributed by atoms with van der Waals surface area (Å²) in [6, 6.07) is 22.6. The van der Waals surface area contributed by atoms with Crippen molar-refractivity contribution in [2.75, 3.05) is 19.0 Å². The molecule has 1 fully saturated rings. The number of anilines is 1. The predicted octanol–water partition coefficient (Wildman–Crippen LogP) is 4.02. The fourth-order valence-corrected chi connectivity index (χ4v) is 3.26. The smallest absolute Gasteiger partial charge is 0.329 e. The maximum absolute atomic E-state index is 12.7. The number of amides is 4. The lowest BCUT2D eigenvalue weighted by molar-refractivity contribution is -0.127. The van der Waals surface area contributed by atoms with Gasteiger partial charge in [-0.2, -0.15) is 0 Å². The highest BCUT2D eigenvalue weighted by Crippen LogP contribution is 2.25. The first-order chi connectivity index (χ1) is 16.0. The Bertz CT molecular complexity index is 1220. The minimum atomic E-state index is -0.668. The van der Waals surface area contributed by atoms with Crippen LogP contribution < -0.4 is 20.1 Å². The summed E-state index contributed by atoms with van der Waals surface area (Å²) in [6.07, 6.45) is 1.54. The van der Waals surface area contributed by atoms with E-state index in [-0.39, 0.29) is 5.70 Å². The van der Waals surface area contributed by atoms with Gasteiger partial charge in [-0.1, -0.05) is 42.5 Å². The van der Waals surface area contributed by atoms with Crippen LogP contribution >= 0.6 is 0 Å². The molecule has 8 heteroatoms. The van der Waals surface area contributed by atoms with Crippen molar-refractivity contribution in [1.82, 2.24) is 10.2 Å². The van der Waals surface area contributed by atoms with Gasteiger partial charge in [0.2, 0.25) is 5.91 Å². The molecule has 4 amide bonds. The molecule has 0 aliphatic carbocycles. The fourth-order valence-electron chi connectivity index (χ4n) is 3.26. The maximum Gasteiger partial charge on any atom is 0.329 e. The number of rotatable bonds is 7. The van der Waals surface area contributed by atoms with Crippen molar-refractivity contribution in [1.29, 1.82) is 0 Å². The summed E-state index contributed by atoms with van der Waals surface area (Å²) in [5.74, 6) is 0.619. The molecule has 8 nitrogen and oxygen atoms in total. The van der Waals surface area contributed by atoms with Crippen LogP contribution in [0.4, 0.5) is 10.5 Å². The Morgan fingerprint density at radius 3 is 2.48 bits per heavy atom. The Balaban J connectivity index is 1.44. The lowest BCUT2D eigenvalue weighted by Gasteiger charge is -2.13. The van der Waals surface area contributed by atoms with Gasteiger partial charge in [0, 0.05) is 0 Å². The maximum atomic E-state index is 12.7. The number of urea groups is 1. The molecule has 0 unspecified atom stereocenters. The molecular weight excluding hydrogens is 422 g/mol. The third kappa shape index (κ3) is 5.19. The number of nitrogens with zero attached hydrogens (tertiary/aromatic N) is 1. The monoisotopic (exact) mass is 443 g/mol. The number of carbonyl (C=O) groups excluding carboxylic acids is 3. The van der Waals surface area contributed by atoms with Gasteiger partial charge in [0.05, 0.1) is 12.8 Å². The van der Waals surface area contributed by atoms with Crippen LogP contribution in [0.5, 0.6) is 17.2 Å². The molecule has 3 aromatic carbocycles. The van der Waals surface area contributed by atoms with Gasteiger partial charge in [-0.05, 0) is 48.0 Å². The Labute approximate surface area is 190 Å². The van der Waals surface area contributed by atoms with E-state index >= 15 is 0 Å². The summed E-state index contributed by atoms with van der Waals surface area (Å²) in [5, 5.41) is 5.17. The first-order valence-electron chi connectivity index (χ1n) is 10.1. The molecule has 3 aromatic rings. The first-order valence-corrected chi connectivity index (χ1v) is 10.1. The SMILES string of the molecule is COc1ccccc1NC(=O)CN1C(=O)N/C(=C/c2cccc(Oc3ccccc3)c2)C1=O. The second kappa shape index (κ2) is 9.69. The number of carbonyl (C=O) groups is 3. The van der Waals surface area contributed by atoms with Gasteiger partial charge < -0.3 is 20.1 Å². The number of nitrogens with one attached hydrogen (secondary N) is 2. The second-order valence-electron chi connectivity index (χ2n) is 7.12. The minimum absolute atomic E-state index is 0.0713. The van der Waals surface area contributed by atoms with E-state index in [1.165, 1.54) is 13.2 Å². The third-order valence-corrected chi connectivity index (χ3v) is 4.79. The van der Waals surface area contributed by atoms with Crippen molar-refractivity contribution < 1.29 is 23.9 Å². The van der Waals surface area contributed by atoms with Gasteiger partial charge in [0.1, 0.15) is 29.5 Å². The molecule has 2 N–H and O–H groups in total. The summed E-state index contributed by atoms with van der Waals surface area (Å²) in [7, 11) is 1.49. The number of benzene rings is 3. The molecule has 0 atom stereocenters. The number of imide groups is 1. The first kappa shape index (κ1) is 21.6. The summed E-state index contributed by atoms with van der Waals surface area (Å²) in [5.41, 5.74) is 1.18. The van der Waals surface area contributed by atoms with Crippen molar-refractivity contribution in [3.8, 4) is 17.2 Å². The van der Waals surface area contributed by atoms with Gasteiger partial charge in [-0.15, -0.1) is 0 Å². The van der Waals surface area contributed by atoms with E-state index in [0.717, 1.165) is 4.90 Å². The molecule has 1 saturated heterocycles. The highest BCUT2D eigenvalue weighted by molar-refractivity contribution is 6.16. The van der Waals surface area contributed by atoms with E-state index in [4.69, 9.17) is 9.47 Å². The van der Waals surface area contributed by atoms with Crippen molar-refractivity contribution in [3.05, 3.63) is 90.1 Å². The van der Waals surface area contributed by atoms with Gasteiger partial charge in [0.15, 0.2) is 0 Å². The molecule has 0 saturated carbocycles. The third-order valence-electron chi connectivity index (χ3n) is 4.79. The van der Waals surface area contributed by atoms with Crippen molar-refractivity contribution in [2.24, 2.45) is 0 Å². The summed E-state index contributed by atoms with van der Waals surface area (Å²) in [6.45, 7) is -0.433. The molecule has 1 heterocycles. The Kier molecular flexibility index (Phi) is 6.36. The number of ether oxygens (including phenoxy) is 2. The fraction of sp³-hybridized carbons (Fsp3) is 0.0800. The zero-order chi connectivity index (χ0) is 23.2. The standard InChI is InChI=1S/C25H21N3O5/c1-32-22-13-6-5-12-20(22)26-23(29)16-28-24(30)21(27-25(28)31)15-17-8-7-11-19(14-17)33-18-9-3-2-4-10-18/h2-15H,16H2,1H3,(H,26,29)(H,27,31)/b21-15+. The van der Waals surface area contributed by atoms with E-state index in [1.54, 1.807) is 48.5 Å². The minimum Gasteiger partial charge on any atom is -0.495 e. The van der Waals surface area contributed by atoms with Gasteiger partial charge in [-0.3, -0.25) is 9.59 Å². The van der Waals surface area contributed by atoms with Crippen LogP contribution in [0.25, 0.3) is 6.08 Å². The quantitative estimate of drug-likeness (QED) is 0.425. The van der Waals surface area contributed by atoms with Crippen molar-refractivity contribution in [3.63, 3.8) is 0 Å². The molecule has 33 heavy (non-hydrogen) atoms. The largest absolute Gasteiger partial charge is 0.495 e. The lowest BCUT2D eigenvalue weighted by Crippen LogP contribution is -2.38. The summed E-state index contributed by atoms with van der Waals surface area (Å²) >= 11 is 0. The number of methoxy groups -OCH3 is 1. The van der Waals surface area contributed by atoms with Crippen molar-refractivity contribution in [2.45, 2.75) is 0 Å². The Morgan fingerprint density at radius 1 is 0.970 bits per heavy atom. The van der Waals surface area contributed by atoms with Crippen molar-refractivity contribution >= 4 is 29.6 Å². The normalized spacial score (nSPS) is 14.2. The molecule has 0 bridgehead atoms. The number of hydrogen-bond donors (Lipinski definition) is 2. The molecule has 0 aromatic heterocycles. The number of para-hydroxylation sites is 3. The molecular formula is C25H21N3O5. The molecule has 0 radical (unpaired) electrons. The van der Waals surface area contributed by atoms with Gasteiger partial charge >= 0.3 is 6.03 Å². The Morgan fingerprint density at radius 2 is 1.70 bits per heavy atom. The number of hydrogen-bond acceptors (Lipinski definition) is 5. The molecule has 1 aliphatic rings. The second-order valence-corrected chi connectivity index (χ2v) is 7.12. The highest BCUT2D eigenvalue weighted by atomic mass is 16.5. The molecule has 0 spiro atoms. The van der Waals surface area contributed by atoms with Crippen LogP contribution in [0.3, 0.4) is 0 Å². The van der Waals surface area contributed by atoms with Gasteiger partial charge in [-0.25, -0.2) is 9.69 Å². The topological polar surface area (TPSA) is 97.0 Å². The molecule has 1 aliphatic heterocycles. The van der Waals surface area contributed by atoms with E-state index in [0.29, 0.717) is 28.5 Å². The van der Waals surface area contributed by atoms with Crippen LogP contribution in [-0.2, 0) is 9.59 Å². The average Bonchev–Trinajstić information content (AvgIpc) is 3.07. The van der Waals surface area contributed by atoms with E-state index in [2.05, 4.69) is 10.6 Å². The zero-order valence-electron chi connectivity index (χ0n) is 17.8. The lowest BCUT2D eigenvalue weighted by atomic mass is 10.2. The van der Waals surface area contributed by atoms with Gasteiger partial charge in [0.25, 0.3) is 5.91 Å². The molecule has 4 rings (SSSR count). The highest BCUT2D eigenvalue weighted by Gasteiger charge is 2.35. The van der Waals surface area contributed by atoms with E-state index in [1.807, 2.05) is 30.3 Å². The Hall–Kier alpha value is -4.59. The van der Waals surface area contributed by atoms with Crippen LogP contribution in [0, 0.1) is 0 Å². The zero-order valence-corrected chi connectivity index (χ0v) is 17.8. The van der Waals surface area contributed by atoms with Crippen LogP contribution in [0.1, 0.15) is 5.56 Å². The van der Waals surface area contributed by atoms with E-state index < -0.39 is 24.4 Å². The summed E-state index contributed by atoms with van der Waals surface area (Å²) < 4.78 is 11.0. The van der Waals surface area contributed by atoms with Crippen LogP contribution in [0.2, 0.25) is 0 Å². The van der Waals surface area contributed by atoms with E-state index in [9.17, 15) is 14.4 Å². The molecule has 166 valence electrons.